The fraction of sp³-hybridized carbons (Fsp3) is 0.0952. The van der Waals surface area contributed by atoms with Crippen molar-refractivity contribution in [3.05, 3.63) is 87.8 Å². The monoisotopic (exact) mass is 445 g/mol. The molecule has 1 heterocycles. The summed E-state index contributed by atoms with van der Waals surface area (Å²) >= 11 is 12.0. The molecule has 0 aliphatic carbocycles. The van der Waals surface area contributed by atoms with Gasteiger partial charge in [-0.15, -0.1) is 0 Å². The molecule has 0 radical (unpaired) electrons. The van der Waals surface area contributed by atoms with Gasteiger partial charge in [-0.2, -0.15) is 5.10 Å². The highest BCUT2D eigenvalue weighted by atomic mass is 35.5. The van der Waals surface area contributed by atoms with Crippen molar-refractivity contribution in [3.8, 4) is 5.75 Å². The van der Waals surface area contributed by atoms with Crippen molar-refractivity contribution in [2.45, 2.75) is 13.2 Å². The molecule has 0 fully saturated rings. The van der Waals surface area contributed by atoms with Crippen molar-refractivity contribution < 1.29 is 18.7 Å². The van der Waals surface area contributed by atoms with Crippen LogP contribution < -0.4 is 15.5 Å². The van der Waals surface area contributed by atoms with Crippen molar-refractivity contribution in [2.24, 2.45) is 5.10 Å². The van der Waals surface area contributed by atoms with E-state index in [1.54, 1.807) is 54.6 Å². The summed E-state index contributed by atoms with van der Waals surface area (Å²) in [6, 6.07) is 15.6. The zero-order valence-corrected chi connectivity index (χ0v) is 17.1. The van der Waals surface area contributed by atoms with E-state index >= 15 is 0 Å². The summed E-state index contributed by atoms with van der Waals surface area (Å²) in [5, 5.41) is 7.30. The Labute approximate surface area is 182 Å². The number of carbonyl (C=O) groups is 2. The molecule has 2 aromatic carbocycles. The molecule has 0 bridgehead atoms. The van der Waals surface area contributed by atoms with Crippen molar-refractivity contribution in [3.63, 3.8) is 0 Å². The fourth-order valence-electron chi connectivity index (χ4n) is 2.33. The number of benzene rings is 2. The van der Waals surface area contributed by atoms with Gasteiger partial charge in [0.15, 0.2) is 0 Å². The number of ether oxygens (including phenoxy) is 1. The molecule has 1 aromatic heterocycles. The van der Waals surface area contributed by atoms with E-state index in [2.05, 4.69) is 15.8 Å². The number of furan rings is 1. The van der Waals surface area contributed by atoms with Crippen LogP contribution in [0, 0.1) is 0 Å². The Hall–Kier alpha value is -3.29. The summed E-state index contributed by atoms with van der Waals surface area (Å²) in [7, 11) is 0. The lowest BCUT2D eigenvalue weighted by molar-refractivity contribution is -0.139. The number of amides is 2. The Morgan fingerprint density at radius 3 is 2.57 bits per heavy atom. The van der Waals surface area contributed by atoms with Crippen LogP contribution in [0.15, 0.2) is 70.4 Å². The molecule has 2 amide bonds. The molecule has 0 atom stereocenters. The van der Waals surface area contributed by atoms with Crippen LogP contribution in [0.25, 0.3) is 0 Å². The summed E-state index contributed by atoms with van der Waals surface area (Å²) in [5.74, 6) is -0.509. The smallest absolute Gasteiger partial charge is 0.329 e. The van der Waals surface area contributed by atoms with Gasteiger partial charge < -0.3 is 14.5 Å². The minimum Gasteiger partial charge on any atom is -0.489 e. The molecule has 0 unspecified atom stereocenters. The van der Waals surface area contributed by atoms with Gasteiger partial charge >= 0.3 is 11.8 Å². The van der Waals surface area contributed by atoms with Crippen LogP contribution in [0.4, 0.5) is 0 Å². The predicted molar refractivity (Wildman–Crippen MR) is 114 cm³/mol. The van der Waals surface area contributed by atoms with Gasteiger partial charge in [-0.1, -0.05) is 29.3 Å². The van der Waals surface area contributed by atoms with E-state index in [9.17, 15) is 9.59 Å². The summed E-state index contributed by atoms with van der Waals surface area (Å²) in [4.78, 5) is 23.4. The first kappa shape index (κ1) is 21.4. The molecule has 7 nitrogen and oxygen atoms in total. The van der Waals surface area contributed by atoms with Crippen molar-refractivity contribution in [2.75, 3.05) is 0 Å². The third-order valence-electron chi connectivity index (χ3n) is 3.88. The van der Waals surface area contributed by atoms with Gasteiger partial charge in [0.05, 0.1) is 19.0 Å². The third kappa shape index (κ3) is 6.37. The lowest BCUT2D eigenvalue weighted by Gasteiger charge is -2.08. The number of nitrogens with one attached hydrogen (secondary N) is 2. The van der Waals surface area contributed by atoms with Crippen LogP contribution in [0.5, 0.6) is 5.75 Å². The Kier molecular flexibility index (Phi) is 7.48. The quantitative estimate of drug-likeness (QED) is 0.327. The topological polar surface area (TPSA) is 92.9 Å². The van der Waals surface area contributed by atoms with Gasteiger partial charge in [-0.3, -0.25) is 9.59 Å². The Morgan fingerprint density at radius 2 is 1.87 bits per heavy atom. The minimum absolute atomic E-state index is 0.117. The summed E-state index contributed by atoms with van der Waals surface area (Å²) in [5.41, 5.74) is 3.69. The molecule has 0 aliphatic rings. The molecular formula is C21H17Cl2N3O4. The number of nitrogens with zero attached hydrogens (tertiary/aromatic N) is 1. The molecule has 154 valence electrons. The zero-order valence-electron chi connectivity index (χ0n) is 15.6. The van der Waals surface area contributed by atoms with E-state index in [4.69, 9.17) is 32.4 Å². The predicted octanol–water partition coefficient (Wildman–Crippen LogP) is 3.93. The Balaban J connectivity index is 1.44. The molecule has 0 saturated carbocycles. The summed E-state index contributed by atoms with van der Waals surface area (Å²) in [6.07, 6.45) is 2.90. The molecule has 9 heteroatoms. The maximum atomic E-state index is 11.7. The normalized spacial score (nSPS) is 10.7. The minimum atomic E-state index is -0.877. The van der Waals surface area contributed by atoms with Crippen LogP contribution in [0.3, 0.4) is 0 Å². The molecule has 3 aromatic rings. The summed E-state index contributed by atoms with van der Waals surface area (Å²) < 4.78 is 10.8. The first-order chi connectivity index (χ1) is 14.5. The van der Waals surface area contributed by atoms with Crippen LogP contribution >= 0.6 is 23.2 Å². The van der Waals surface area contributed by atoms with Gasteiger partial charge in [-0.25, -0.2) is 5.43 Å². The second-order valence-corrected chi connectivity index (χ2v) is 6.90. The molecule has 0 spiro atoms. The van der Waals surface area contributed by atoms with E-state index in [-0.39, 0.29) is 6.54 Å². The lowest BCUT2D eigenvalue weighted by Crippen LogP contribution is -2.37. The number of hydrogen-bond donors (Lipinski definition) is 2. The van der Waals surface area contributed by atoms with Crippen LogP contribution in [0.2, 0.25) is 10.0 Å². The third-order valence-corrected chi connectivity index (χ3v) is 4.47. The number of carbonyl (C=O) groups excluding carboxylic acids is 2. The molecular weight excluding hydrogens is 429 g/mol. The SMILES string of the molecule is O=C(NCc1ccco1)C(=O)N/N=C/c1ccc(OCc2ccc(Cl)cc2Cl)cc1. The van der Waals surface area contributed by atoms with Crippen LogP contribution in [0.1, 0.15) is 16.9 Å². The summed E-state index contributed by atoms with van der Waals surface area (Å²) in [6.45, 7) is 0.415. The maximum Gasteiger partial charge on any atom is 0.329 e. The van der Waals surface area contributed by atoms with Gasteiger partial charge in [0, 0.05) is 15.6 Å². The van der Waals surface area contributed by atoms with Crippen LogP contribution in [-0.2, 0) is 22.7 Å². The number of hydrogen-bond acceptors (Lipinski definition) is 5. The highest BCUT2D eigenvalue weighted by Gasteiger charge is 2.12. The second kappa shape index (κ2) is 10.5. The van der Waals surface area contributed by atoms with E-state index in [1.165, 1.54) is 12.5 Å². The van der Waals surface area contributed by atoms with Gasteiger partial charge in [0.25, 0.3) is 0 Å². The molecule has 2 N–H and O–H groups in total. The number of halogens is 2. The average Bonchev–Trinajstić information content (AvgIpc) is 3.26. The van der Waals surface area contributed by atoms with Gasteiger partial charge in [0.1, 0.15) is 18.1 Å². The van der Waals surface area contributed by atoms with Crippen molar-refractivity contribution >= 4 is 41.2 Å². The lowest BCUT2D eigenvalue weighted by atomic mass is 10.2. The van der Waals surface area contributed by atoms with E-state index < -0.39 is 11.8 Å². The maximum absolute atomic E-state index is 11.7. The van der Waals surface area contributed by atoms with Crippen molar-refractivity contribution in [1.29, 1.82) is 0 Å². The van der Waals surface area contributed by atoms with E-state index in [0.717, 1.165) is 5.56 Å². The molecule has 0 aliphatic heterocycles. The average molecular weight is 446 g/mol. The van der Waals surface area contributed by atoms with Gasteiger partial charge in [-0.05, 0) is 54.1 Å². The number of rotatable bonds is 7. The molecule has 30 heavy (non-hydrogen) atoms. The molecule has 3 rings (SSSR count). The first-order valence-corrected chi connectivity index (χ1v) is 9.57. The van der Waals surface area contributed by atoms with E-state index in [0.29, 0.717) is 33.7 Å². The second-order valence-electron chi connectivity index (χ2n) is 6.05. The fourth-order valence-corrected chi connectivity index (χ4v) is 2.79. The standard InChI is InChI=1S/C21H17Cl2N3O4/c22-16-6-5-15(19(23)10-16)13-30-17-7-3-14(4-8-17)11-25-26-21(28)20(27)24-12-18-2-1-9-29-18/h1-11H,12-13H2,(H,24,27)(H,26,28)/b25-11+. The first-order valence-electron chi connectivity index (χ1n) is 8.81. The Morgan fingerprint density at radius 1 is 1.07 bits per heavy atom. The highest BCUT2D eigenvalue weighted by molar-refractivity contribution is 6.35. The zero-order chi connectivity index (χ0) is 21.3. The largest absolute Gasteiger partial charge is 0.489 e. The molecule has 0 saturated heterocycles. The highest BCUT2D eigenvalue weighted by Crippen LogP contribution is 2.22. The van der Waals surface area contributed by atoms with Gasteiger partial charge in [0.2, 0.25) is 0 Å². The number of hydrazone groups is 1. The van der Waals surface area contributed by atoms with E-state index in [1.807, 2.05) is 0 Å². The van der Waals surface area contributed by atoms with Crippen LogP contribution in [-0.4, -0.2) is 18.0 Å². The Bertz CT molecular complexity index is 1030. The van der Waals surface area contributed by atoms with Crippen molar-refractivity contribution in [1.82, 2.24) is 10.7 Å².